The van der Waals surface area contributed by atoms with Crippen LogP contribution in [0.3, 0.4) is 0 Å². The van der Waals surface area contributed by atoms with E-state index in [0.717, 1.165) is 5.69 Å². The number of esters is 1. The molecule has 4 heteroatoms. The Morgan fingerprint density at radius 3 is 2.52 bits per heavy atom. The predicted molar refractivity (Wildman–Crippen MR) is 80.4 cm³/mol. The fourth-order valence-electron chi connectivity index (χ4n) is 1.87. The Labute approximate surface area is 123 Å². The van der Waals surface area contributed by atoms with Gasteiger partial charge in [-0.3, -0.25) is 4.79 Å². The molecular weight excluding hydrogens is 269 g/mol. The molecule has 0 aliphatic rings. The van der Waals surface area contributed by atoms with Crippen LogP contribution in [-0.4, -0.2) is 12.5 Å². The normalized spacial score (nSPS) is 10.1. The van der Waals surface area contributed by atoms with Gasteiger partial charge >= 0.3 is 5.97 Å². The van der Waals surface area contributed by atoms with E-state index in [2.05, 4.69) is 5.32 Å². The molecule has 2 rings (SSSR count). The lowest BCUT2D eigenvalue weighted by Crippen LogP contribution is -2.09. The summed E-state index contributed by atoms with van der Waals surface area (Å²) in [7, 11) is 0. The maximum atomic E-state index is 13.3. The van der Waals surface area contributed by atoms with Crippen LogP contribution in [0.5, 0.6) is 0 Å². The lowest BCUT2D eigenvalue weighted by Gasteiger charge is -2.07. The molecule has 21 heavy (non-hydrogen) atoms. The van der Waals surface area contributed by atoms with Gasteiger partial charge in [0, 0.05) is 24.2 Å². The molecule has 0 bridgehead atoms. The molecule has 2 aromatic rings. The van der Waals surface area contributed by atoms with Gasteiger partial charge in [0.25, 0.3) is 0 Å². The Kier molecular flexibility index (Phi) is 5.76. The minimum Gasteiger partial charge on any atom is -0.461 e. The predicted octanol–water partition coefficient (Wildman–Crippen LogP) is 3.76. The molecule has 0 saturated carbocycles. The molecule has 0 radical (unpaired) electrons. The van der Waals surface area contributed by atoms with Crippen LogP contribution >= 0.6 is 0 Å². The zero-order valence-electron chi connectivity index (χ0n) is 11.7. The van der Waals surface area contributed by atoms with Gasteiger partial charge in [0.05, 0.1) is 0 Å². The minimum atomic E-state index is -0.351. The number of anilines is 1. The first-order valence-corrected chi connectivity index (χ1v) is 6.93. The number of ether oxygens (including phenoxy) is 1. The molecule has 0 heterocycles. The Morgan fingerprint density at radius 2 is 1.76 bits per heavy atom. The van der Waals surface area contributed by atoms with E-state index in [4.69, 9.17) is 4.74 Å². The van der Waals surface area contributed by atoms with Crippen LogP contribution in [0.15, 0.2) is 54.6 Å². The number of para-hydroxylation sites is 1. The fourth-order valence-corrected chi connectivity index (χ4v) is 1.87. The number of hydrogen-bond donors (Lipinski definition) is 1. The van der Waals surface area contributed by atoms with E-state index in [1.54, 1.807) is 18.2 Å². The molecule has 0 aliphatic heterocycles. The topological polar surface area (TPSA) is 38.3 Å². The van der Waals surface area contributed by atoms with E-state index in [9.17, 15) is 9.18 Å². The highest BCUT2D eigenvalue weighted by molar-refractivity contribution is 5.69. The van der Waals surface area contributed by atoms with Gasteiger partial charge in [-0.1, -0.05) is 36.4 Å². The van der Waals surface area contributed by atoms with Crippen molar-refractivity contribution in [3.8, 4) is 0 Å². The highest BCUT2D eigenvalue weighted by Gasteiger charge is 2.06. The molecule has 2 aromatic carbocycles. The summed E-state index contributed by atoms with van der Waals surface area (Å²) in [4.78, 5) is 11.6. The van der Waals surface area contributed by atoms with Gasteiger partial charge in [-0.15, -0.1) is 0 Å². The summed E-state index contributed by atoms with van der Waals surface area (Å²) >= 11 is 0. The quantitative estimate of drug-likeness (QED) is 0.622. The van der Waals surface area contributed by atoms with E-state index in [1.807, 2.05) is 30.3 Å². The number of carbonyl (C=O) groups is 1. The molecule has 1 N–H and O–H groups in total. The van der Waals surface area contributed by atoms with Gasteiger partial charge in [-0.05, 0) is 24.6 Å². The van der Waals surface area contributed by atoms with Crippen molar-refractivity contribution >= 4 is 11.7 Å². The molecule has 0 unspecified atom stereocenters. The maximum absolute atomic E-state index is 13.3. The van der Waals surface area contributed by atoms with Crippen molar-refractivity contribution in [3.05, 3.63) is 66.0 Å². The number of carbonyl (C=O) groups excluding carboxylic acids is 1. The summed E-state index contributed by atoms with van der Waals surface area (Å²) in [5.41, 5.74) is 1.42. The summed E-state index contributed by atoms with van der Waals surface area (Å²) in [6.45, 7) is 0.677. The van der Waals surface area contributed by atoms with E-state index in [0.29, 0.717) is 24.9 Å². The average molecular weight is 287 g/mol. The number of halogens is 1. The Hall–Kier alpha value is -2.36. The molecular formula is C17H18FNO2. The van der Waals surface area contributed by atoms with Crippen LogP contribution < -0.4 is 5.32 Å². The summed E-state index contributed by atoms with van der Waals surface area (Å²) < 4.78 is 18.4. The lowest BCUT2D eigenvalue weighted by molar-refractivity contribution is -0.145. The molecule has 0 saturated heterocycles. The highest BCUT2D eigenvalue weighted by Crippen LogP contribution is 2.09. The number of benzene rings is 2. The van der Waals surface area contributed by atoms with Crippen molar-refractivity contribution in [1.82, 2.24) is 0 Å². The minimum absolute atomic E-state index is 0.0162. The van der Waals surface area contributed by atoms with E-state index < -0.39 is 0 Å². The molecule has 0 spiro atoms. The van der Waals surface area contributed by atoms with Crippen molar-refractivity contribution in [2.75, 3.05) is 11.9 Å². The first-order chi connectivity index (χ1) is 10.3. The van der Waals surface area contributed by atoms with Crippen LogP contribution in [0, 0.1) is 5.82 Å². The van der Waals surface area contributed by atoms with Gasteiger partial charge in [0.2, 0.25) is 0 Å². The molecule has 0 atom stereocenters. The van der Waals surface area contributed by atoms with Crippen molar-refractivity contribution in [2.45, 2.75) is 19.4 Å². The third-order valence-electron chi connectivity index (χ3n) is 3.01. The summed E-state index contributed by atoms with van der Waals surface area (Å²) in [6.07, 6.45) is 0.985. The van der Waals surface area contributed by atoms with Crippen molar-refractivity contribution in [2.24, 2.45) is 0 Å². The molecule has 0 aliphatic carbocycles. The Bertz CT molecular complexity index is 572. The van der Waals surface area contributed by atoms with Crippen molar-refractivity contribution in [3.63, 3.8) is 0 Å². The van der Waals surface area contributed by atoms with Gasteiger partial charge in [-0.25, -0.2) is 4.39 Å². The van der Waals surface area contributed by atoms with Gasteiger partial charge in [-0.2, -0.15) is 0 Å². The summed E-state index contributed by atoms with van der Waals surface area (Å²) in [6, 6.07) is 16.1. The third kappa shape index (κ3) is 5.26. The van der Waals surface area contributed by atoms with Crippen LogP contribution in [0.25, 0.3) is 0 Å². The highest BCUT2D eigenvalue weighted by atomic mass is 19.1. The number of rotatable bonds is 7. The van der Waals surface area contributed by atoms with Crippen molar-refractivity contribution in [1.29, 1.82) is 0 Å². The smallest absolute Gasteiger partial charge is 0.306 e. The zero-order valence-corrected chi connectivity index (χ0v) is 11.7. The molecule has 0 aromatic heterocycles. The van der Waals surface area contributed by atoms with E-state index >= 15 is 0 Å². The maximum Gasteiger partial charge on any atom is 0.306 e. The Balaban J connectivity index is 1.63. The second kappa shape index (κ2) is 8.04. The monoisotopic (exact) mass is 287 g/mol. The first-order valence-electron chi connectivity index (χ1n) is 6.93. The number of nitrogens with one attached hydrogen (secondary N) is 1. The second-order valence-corrected chi connectivity index (χ2v) is 4.65. The SMILES string of the molecule is O=C(CCCNc1ccccc1)OCc1ccccc1F. The lowest BCUT2D eigenvalue weighted by atomic mass is 10.2. The average Bonchev–Trinajstić information content (AvgIpc) is 2.52. The number of hydrogen-bond acceptors (Lipinski definition) is 3. The van der Waals surface area contributed by atoms with Crippen LogP contribution in [-0.2, 0) is 16.1 Å². The first kappa shape index (κ1) is 15.0. The zero-order chi connectivity index (χ0) is 14.9. The van der Waals surface area contributed by atoms with Crippen LogP contribution in [0.4, 0.5) is 10.1 Å². The van der Waals surface area contributed by atoms with E-state index in [-0.39, 0.29) is 18.4 Å². The van der Waals surface area contributed by atoms with Crippen LogP contribution in [0.2, 0.25) is 0 Å². The molecule has 0 fully saturated rings. The summed E-state index contributed by atoms with van der Waals surface area (Å²) in [5, 5.41) is 3.22. The van der Waals surface area contributed by atoms with Crippen molar-refractivity contribution < 1.29 is 13.9 Å². The van der Waals surface area contributed by atoms with Crippen LogP contribution in [0.1, 0.15) is 18.4 Å². The van der Waals surface area contributed by atoms with Gasteiger partial charge in [0.1, 0.15) is 12.4 Å². The summed E-state index contributed by atoms with van der Waals surface area (Å²) in [5.74, 6) is -0.663. The second-order valence-electron chi connectivity index (χ2n) is 4.65. The molecule has 3 nitrogen and oxygen atoms in total. The van der Waals surface area contributed by atoms with Gasteiger partial charge < -0.3 is 10.1 Å². The fraction of sp³-hybridized carbons (Fsp3) is 0.235. The standard InChI is InChI=1S/C17H18FNO2/c18-16-10-5-4-7-14(16)13-21-17(20)11-6-12-19-15-8-2-1-3-9-15/h1-5,7-10,19H,6,11-13H2. The Morgan fingerprint density at radius 1 is 1.05 bits per heavy atom. The molecule has 110 valence electrons. The third-order valence-corrected chi connectivity index (χ3v) is 3.01. The van der Waals surface area contributed by atoms with E-state index in [1.165, 1.54) is 6.07 Å². The largest absolute Gasteiger partial charge is 0.461 e. The molecule has 0 amide bonds. The van der Waals surface area contributed by atoms with Gasteiger partial charge in [0.15, 0.2) is 0 Å².